The average molecular weight is 227 g/mol. The summed E-state index contributed by atoms with van der Waals surface area (Å²) in [5.74, 6) is 0.302. The van der Waals surface area contributed by atoms with Crippen molar-refractivity contribution < 1.29 is 4.21 Å². The third-order valence-corrected chi connectivity index (χ3v) is 2.51. The van der Waals surface area contributed by atoms with Crippen LogP contribution in [-0.2, 0) is 17.3 Å². The lowest BCUT2D eigenvalue weighted by Crippen LogP contribution is -2.32. The van der Waals surface area contributed by atoms with Crippen LogP contribution < -0.4 is 11.2 Å². The van der Waals surface area contributed by atoms with Gasteiger partial charge in [0.05, 0.1) is 0 Å². The molecule has 0 aliphatic carbocycles. The minimum absolute atomic E-state index is 0.128. The van der Waals surface area contributed by atoms with Crippen molar-refractivity contribution in [1.82, 2.24) is 9.55 Å². The zero-order valence-corrected chi connectivity index (χ0v) is 8.84. The highest BCUT2D eigenvalue weighted by molar-refractivity contribution is 7.84. The van der Waals surface area contributed by atoms with E-state index in [0.717, 1.165) is 0 Å². The summed E-state index contributed by atoms with van der Waals surface area (Å²) in [5.41, 5.74) is -1.42. The molecule has 0 fully saturated rings. The standard InChI is InChI=1S/C8H9N3O3S/c1-15(14)3-2-11-5-6(4-9)7(12)10-8(11)13/h5H,2-3H2,1H3,(H,10,12,13). The molecular weight excluding hydrogens is 218 g/mol. The van der Waals surface area contributed by atoms with Crippen molar-refractivity contribution >= 4 is 10.8 Å². The van der Waals surface area contributed by atoms with Gasteiger partial charge in [-0.25, -0.2) is 4.79 Å². The van der Waals surface area contributed by atoms with E-state index in [1.807, 2.05) is 4.98 Å². The normalized spacial score (nSPS) is 12.0. The Kier molecular flexibility index (Phi) is 3.57. The van der Waals surface area contributed by atoms with Crippen LogP contribution in [0.3, 0.4) is 0 Å². The predicted octanol–water partition coefficient (Wildman–Crippen LogP) is -1.21. The first-order valence-electron chi connectivity index (χ1n) is 4.08. The van der Waals surface area contributed by atoms with Gasteiger partial charge in [-0.2, -0.15) is 5.26 Å². The number of H-pyrrole nitrogens is 1. The van der Waals surface area contributed by atoms with E-state index < -0.39 is 22.0 Å². The Morgan fingerprint density at radius 2 is 2.27 bits per heavy atom. The quantitative estimate of drug-likeness (QED) is 0.700. The molecule has 1 N–H and O–H groups in total. The summed E-state index contributed by atoms with van der Waals surface area (Å²) >= 11 is 0. The first-order valence-corrected chi connectivity index (χ1v) is 5.81. The molecule has 0 spiro atoms. The van der Waals surface area contributed by atoms with Crippen molar-refractivity contribution in [1.29, 1.82) is 5.26 Å². The molecule has 1 rings (SSSR count). The molecule has 0 aliphatic heterocycles. The van der Waals surface area contributed by atoms with E-state index in [4.69, 9.17) is 5.26 Å². The van der Waals surface area contributed by atoms with Gasteiger partial charge in [0.1, 0.15) is 11.6 Å². The van der Waals surface area contributed by atoms with Gasteiger partial charge in [-0.3, -0.25) is 18.6 Å². The average Bonchev–Trinajstić information content (AvgIpc) is 2.16. The van der Waals surface area contributed by atoms with E-state index >= 15 is 0 Å². The Morgan fingerprint density at radius 1 is 1.60 bits per heavy atom. The number of nitriles is 1. The fraction of sp³-hybridized carbons (Fsp3) is 0.375. The second-order valence-electron chi connectivity index (χ2n) is 2.88. The number of nitrogens with one attached hydrogen (secondary N) is 1. The number of hydrogen-bond donors (Lipinski definition) is 1. The topological polar surface area (TPSA) is 95.7 Å². The van der Waals surface area contributed by atoms with E-state index in [-0.39, 0.29) is 12.1 Å². The molecular formula is C8H9N3O3S. The van der Waals surface area contributed by atoms with Gasteiger partial charge in [-0.15, -0.1) is 0 Å². The molecule has 1 unspecified atom stereocenters. The van der Waals surface area contributed by atoms with Crippen LogP contribution in [0.2, 0.25) is 0 Å². The third-order valence-electron chi connectivity index (χ3n) is 1.75. The van der Waals surface area contributed by atoms with E-state index in [1.54, 1.807) is 6.07 Å². The molecule has 0 aliphatic rings. The molecule has 0 aromatic carbocycles. The summed E-state index contributed by atoms with van der Waals surface area (Å²) in [6.07, 6.45) is 2.69. The summed E-state index contributed by atoms with van der Waals surface area (Å²) in [6.45, 7) is 0.216. The highest BCUT2D eigenvalue weighted by Crippen LogP contribution is 1.86. The summed E-state index contributed by atoms with van der Waals surface area (Å²) < 4.78 is 12.0. The minimum atomic E-state index is -1.02. The zero-order chi connectivity index (χ0) is 11.4. The number of nitrogens with zero attached hydrogens (tertiary/aromatic N) is 2. The molecule has 0 bridgehead atoms. The first kappa shape index (κ1) is 11.4. The van der Waals surface area contributed by atoms with Crippen molar-refractivity contribution in [2.45, 2.75) is 6.54 Å². The Morgan fingerprint density at radius 3 is 2.80 bits per heavy atom. The molecule has 7 heteroatoms. The monoisotopic (exact) mass is 227 g/mol. The molecule has 0 radical (unpaired) electrons. The molecule has 1 atom stereocenters. The lowest BCUT2D eigenvalue weighted by atomic mass is 10.4. The van der Waals surface area contributed by atoms with Crippen LogP contribution in [0.4, 0.5) is 0 Å². The number of aromatic nitrogens is 2. The van der Waals surface area contributed by atoms with Gasteiger partial charge in [-0.05, 0) is 0 Å². The molecule has 0 saturated heterocycles. The van der Waals surface area contributed by atoms with Crippen LogP contribution in [0, 0.1) is 11.3 Å². The maximum Gasteiger partial charge on any atom is 0.328 e. The van der Waals surface area contributed by atoms with Gasteiger partial charge in [0.2, 0.25) is 0 Å². The fourth-order valence-electron chi connectivity index (χ4n) is 0.982. The van der Waals surface area contributed by atoms with Gasteiger partial charge in [-0.1, -0.05) is 0 Å². The molecule has 0 saturated carbocycles. The van der Waals surface area contributed by atoms with E-state index in [2.05, 4.69) is 0 Å². The number of aryl methyl sites for hydroxylation is 1. The molecule has 1 aromatic heterocycles. The van der Waals surface area contributed by atoms with Gasteiger partial charge < -0.3 is 0 Å². The minimum Gasteiger partial charge on any atom is -0.298 e. The smallest absolute Gasteiger partial charge is 0.298 e. The SMILES string of the molecule is CS(=O)CCn1cc(C#N)c(=O)[nH]c1=O. The first-order chi connectivity index (χ1) is 7.04. The van der Waals surface area contributed by atoms with Crippen molar-refractivity contribution in [2.75, 3.05) is 12.0 Å². The van der Waals surface area contributed by atoms with Crippen molar-refractivity contribution in [3.8, 4) is 6.07 Å². The number of hydrogen-bond acceptors (Lipinski definition) is 4. The number of rotatable bonds is 3. The summed E-state index contributed by atoms with van der Waals surface area (Å²) in [7, 11) is -1.02. The molecule has 80 valence electrons. The lowest BCUT2D eigenvalue weighted by Gasteiger charge is -2.02. The molecule has 6 nitrogen and oxygen atoms in total. The van der Waals surface area contributed by atoms with Crippen LogP contribution in [0.25, 0.3) is 0 Å². The summed E-state index contributed by atoms with van der Waals surface area (Å²) in [5, 5.41) is 8.57. The summed E-state index contributed by atoms with van der Waals surface area (Å²) in [6, 6.07) is 1.67. The van der Waals surface area contributed by atoms with E-state index in [0.29, 0.717) is 5.75 Å². The third kappa shape index (κ3) is 2.89. The van der Waals surface area contributed by atoms with Crippen LogP contribution in [0.5, 0.6) is 0 Å². The van der Waals surface area contributed by atoms with Crippen molar-refractivity contribution in [3.63, 3.8) is 0 Å². The van der Waals surface area contributed by atoms with Crippen LogP contribution >= 0.6 is 0 Å². The van der Waals surface area contributed by atoms with Crippen LogP contribution in [0.1, 0.15) is 5.56 Å². The zero-order valence-electron chi connectivity index (χ0n) is 8.02. The largest absolute Gasteiger partial charge is 0.328 e. The van der Waals surface area contributed by atoms with Crippen LogP contribution in [-0.4, -0.2) is 25.8 Å². The van der Waals surface area contributed by atoms with Gasteiger partial charge in [0.25, 0.3) is 5.56 Å². The Bertz CT molecular complexity index is 537. The molecule has 1 aromatic rings. The molecule has 0 amide bonds. The van der Waals surface area contributed by atoms with Crippen molar-refractivity contribution in [2.24, 2.45) is 0 Å². The van der Waals surface area contributed by atoms with E-state index in [1.165, 1.54) is 17.0 Å². The van der Waals surface area contributed by atoms with Crippen LogP contribution in [0.15, 0.2) is 15.8 Å². The Balaban J connectivity index is 3.10. The highest BCUT2D eigenvalue weighted by atomic mass is 32.2. The Hall–Kier alpha value is -1.68. The Labute approximate surface area is 87.6 Å². The maximum atomic E-state index is 11.2. The van der Waals surface area contributed by atoms with E-state index in [9.17, 15) is 13.8 Å². The maximum absolute atomic E-state index is 11.2. The van der Waals surface area contributed by atoms with Gasteiger partial charge >= 0.3 is 5.69 Å². The predicted molar refractivity (Wildman–Crippen MR) is 55.0 cm³/mol. The molecule has 15 heavy (non-hydrogen) atoms. The molecule has 1 heterocycles. The summed E-state index contributed by atoms with van der Waals surface area (Å²) in [4.78, 5) is 24.2. The lowest BCUT2D eigenvalue weighted by molar-refractivity contribution is 0.663. The second kappa shape index (κ2) is 4.70. The van der Waals surface area contributed by atoms with Crippen molar-refractivity contribution in [3.05, 3.63) is 32.6 Å². The second-order valence-corrected chi connectivity index (χ2v) is 4.44. The fourth-order valence-corrected chi connectivity index (χ4v) is 1.44. The number of aromatic amines is 1. The van der Waals surface area contributed by atoms with Gasteiger partial charge in [0, 0.05) is 35.5 Å². The highest BCUT2D eigenvalue weighted by Gasteiger charge is 2.03. The van der Waals surface area contributed by atoms with Gasteiger partial charge in [0.15, 0.2) is 0 Å².